The number of ether oxygens (including phenoxy) is 1. The molecular weight excluding hydrogens is 284 g/mol. The molecule has 0 saturated heterocycles. The van der Waals surface area contributed by atoms with E-state index in [0.29, 0.717) is 12.4 Å². The normalized spacial score (nSPS) is 18.9. The van der Waals surface area contributed by atoms with E-state index in [-0.39, 0.29) is 5.41 Å². The Hall–Kier alpha value is -2.09. The van der Waals surface area contributed by atoms with Crippen LogP contribution in [-0.2, 0) is 13.0 Å². The fourth-order valence-corrected chi connectivity index (χ4v) is 4.18. The standard InChI is InChI=1S/C21H22O2/c22-20-19-17(11-14-21(20)12-4-5-13-21)9-6-10-18(19)23-15-16-7-2-1-3-8-16/h1-3,6-10H,4-5,11-15H2. The summed E-state index contributed by atoms with van der Waals surface area (Å²) in [7, 11) is 0. The fourth-order valence-electron chi connectivity index (χ4n) is 4.18. The van der Waals surface area contributed by atoms with Crippen molar-refractivity contribution < 1.29 is 9.53 Å². The van der Waals surface area contributed by atoms with Gasteiger partial charge in [0.05, 0.1) is 5.56 Å². The van der Waals surface area contributed by atoms with Crippen LogP contribution < -0.4 is 4.74 Å². The van der Waals surface area contributed by atoms with Gasteiger partial charge in [-0.05, 0) is 42.9 Å². The van der Waals surface area contributed by atoms with E-state index in [1.54, 1.807) is 0 Å². The number of ketones is 1. The molecule has 2 nitrogen and oxygen atoms in total. The molecule has 1 spiro atoms. The highest BCUT2D eigenvalue weighted by Gasteiger charge is 2.45. The maximum absolute atomic E-state index is 13.2. The largest absolute Gasteiger partial charge is 0.488 e. The summed E-state index contributed by atoms with van der Waals surface area (Å²) in [5.74, 6) is 1.10. The van der Waals surface area contributed by atoms with Crippen LogP contribution in [-0.4, -0.2) is 5.78 Å². The average molecular weight is 306 g/mol. The smallest absolute Gasteiger partial charge is 0.173 e. The first-order valence-electron chi connectivity index (χ1n) is 8.62. The molecule has 118 valence electrons. The molecule has 0 bridgehead atoms. The molecule has 1 saturated carbocycles. The van der Waals surface area contributed by atoms with E-state index >= 15 is 0 Å². The molecule has 0 N–H and O–H groups in total. The minimum Gasteiger partial charge on any atom is -0.488 e. The summed E-state index contributed by atoms with van der Waals surface area (Å²) in [6, 6.07) is 16.2. The molecule has 2 aliphatic rings. The van der Waals surface area contributed by atoms with Gasteiger partial charge in [0, 0.05) is 5.41 Å². The lowest BCUT2D eigenvalue weighted by atomic mass is 9.69. The molecule has 0 unspecified atom stereocenters. The van der Waals surface area contributed by atoms with E-state index in [1.165, 1.54) is 12.8 Å². The van der Waals surface area contributed by atoms with E-state index in [4.69, 9.17) is 4.74 Å². The van der Waals surface area contributed by atoms with Gasteiger partial charge in [0.2, 0.25) is 0 Å². The minimum atomic E-state index is -0.0980. The number of fused-ring (bicyclic) bond motifs is 1. The maximum Gasteiger partial charge on any atom is 0.173 e. The molecule has 2 aliphatic carbocycles. The molecule has 0 heterocycles. The van der Waals surface area contributed by atoms with Gasteiger partial charge < -0.3 is 4.74 Å². The molecule has 23 heavy (non-hydrogen) atoms. The van der Waals surface area contributed by atoms with E-state index in [0.717, 1.165) is 48.1 Å². The Kier molecular flexibility index (Phi) is 3.68. The minimum absolute atomic E-state index is 0.0980. The van der Waals surface area contributed by atoms with E-state index in [2.05, 4.69) is 18.2 Å². The van der Waals surface area contributed by atoms with Crippen LogP contribution in [0.15, 0.2) is 48.5 Å². The molecule has 2 heteroatoms. The number of benzene rings is 2. The Morgan fingerprint density at radius 1 is 0.913 bits per heavy atom. The van der Waals surface area contributed by atoms with Crippen molar-refractivity contribution in [3.8, 4) is 5.75 Å². The third-order valence-corrected chi connectivity index (χ3v) is 5.49. The summed E-state index contributed by atoms with van der Waals surface area (Å²) in [5, 5.41) is 0. The summed E-state index contributed by atoms with van der Waals surface area (Å²) < 4.78 is 6.04. The van der Waals surface area contributed by atoms with Crippen LogP contribution in [0.2, 0.25) is 0 Å². The quantitative estimate of drug-likeness (QED) is 0.801. The molecule has 0 atom stereocenters. The fraction of sp³-hybridized carbons (Fsp3) is 0.381. The summed E-state index contributed by atoms with van der Waals surface area (Å²) in [5.41, 5.74) is 3.05. The molecule has 0 aliphatic heterocycles. The van der Waals surface area contributed by atoms with Crippen LogP contribution in [0.1, 0.15) is 53.6 Å². The highest BCUT2D eigenvalue weighted by atomic mass is 16.5. The lowest BCUT2D eigenvalue weighted by molar-refractivity contribution is 0.0760. The molecule has 1 fully saturated rings. The van der Waals surface area contributed by atoms with Gasteiger partial charge in [0.1, 0.15) is 12.4 Å². The van der Waals surface area contributed by atoms with Crippen molar-refractivity contribution in [2.45, 2.75) is 45.1 Å². The third kappa shape index (κ3) is 2.56. The van der Waals surface area contributed by atoms with Crippen LogP contribution in [0.3, 0.4) is 0 Å². The van der Waals surface area contributed by atoms with Crippen molar-refractivity contribution in [1.29, 1.82) is 0 Å². The number of carbonyl (C=O) groups is 1. The second-order valence-corrected chi connectivity index (χ2v) is 6.88. The van der Waals surface area contributed by atoms with E-state index < -0.39 is 0 Å². The van der Waals surface area contributed by atoms with Crippen molar-refractivity contribution in [2.75, 3.05) is 0 Å². The van der Waals surface area contributed by atoms with Gasteiger partial charge in [0.25, 0.3) is 0 Å². The monoisotopic (exact) mass is 306 g/mol. The zero-order valence-corrected chi connectivity index (χ0v) is 13.4. The molecule has 0 aromatic heterocycles. The topological polar surface area (TPSA) is 26.3 Å². The zero-order valence-electron chi connectivity index (χ0n) is 13.4. The molecule has 0 amide bonds. The lowest BCUT2D eigenvalue weighted by Gasteiger charge is -2.33. The van der Waals surface area contributed by atoms with E-state index in [1.807, 2.05) is 30.3 Å². The first-order chi connectivity index (χ1) is 11.3. The summed E-state index contributed by atoms with van der Waals surface area (Å²) >= 11 is 0. The Balaban J connectivity index is 1.63. The predicted molar refractivity (Wildman–Crippen MR) is 90.8 cm³/mol. The van der Waals surface area contributed by atoms with Gasteiger partial charge in [0.15, 0.2) is 5.78 Å². The third-order valence-electron chi connectivity index (χ3n) is 5.49. The van der Waals surface area contributed by atoms with E-state index in [9.17, 15) is 4.79 Å². The first kappa shape index (κ1) is 14.5. The molecular formula is C21H22O2. The number of hydrogen-bond acceptors (Lipinski definition) is 2. The van der Waals surface area contributed by atoms with Gasteiger partial charge in [-0.1, -0.05) is 55.3 Å². The van der Waals surface area contributed by atoms with Crippen LogP contribution in [0.4, 0.5) is 0 Å². The number of Topliss-reactive ketones (excluding diaryl/α,β-unsaturated/α-hetero) is 1. The summed E-state index contributed by atoms with van der Waals surface area (Å²) in [6.07, 6.45) is 6.50. The Morgan fingerprint density at radius 2 is 1.70 bits per heavy atom. The average Bonchev–Trinajstić information content (AvgIpc) is 3.07. The second-order valence-electron chi connectivity index (χ2n) is 6.88. The van der Waals surface area contributed by atoms with Gasteiger partial charge in [-0.25, -0.2) is 0 Å². The van der Waals surface area contributed by atoms with Gasteiger partial charge >= 0.3 is 0 Å². The first-order valence-corrected chi connectivity index (χ1v) is 8.62. The molecule has 2 aromatic carbocycles. The van der Waals surface area contributed by atoms with Crippen molar-refractivity contribution >= 4 is 5.78 Å². The Morgan fingerprint density at radius 3 is 2.48 bits per heavy atom. The molecule has 2 aromatic rings. The lowest BCUT2D eigenvalue weighted by Crippen LogP contribution is -2.33. The van der Waals surface area contributed by atoms with Crippen LogP contribution in [0, 0.1) is 5.41 Å². The van der Waals surface area contributed by atoms with Crippen molar-refractivity contribution in [1.82, 2.24) is 0 Å². The maximum atomic E-state index is 13.2. The Labute approximate surface area is 137 Å². The van der Waals surface area contributed by atoms with Crippen molar-refractivity contribution in [3.05, 3.63) is 65.2 Å². The zero-order chi connectivity index (χ0) is 15.7. The number of aryl methyl sites for hydroxylation is 1. The van der Waals surface area contributed by atoms with Gasteiger partial charge in [-0.15, -0.1) is 0 Å². The second kappa shape index (κ2) is 5.84. The highest BCUT2D eigenvalue weighted by molar-refractivity contribution is 6.05. The Bertz CT molecular complexity index is 712. The number of rotatable bonds is 3. The summed E-state index contributed by atoms with van der Waals surface area (Å²) in [6.45, 7) is 0.511. The van der Waals surface area contributed by atoms with Crippen LogP contribution >= 0.6 is 0 Å². The summed E-state index contributed by atoms with van der Waals surface area (Å²) in [4.78, 5) is 13.2. The van der Waals surface area contributed by atoms with Crippen LogP contribution in [0.25, 0.3) is 0 Å². The van der Waals surface area contributed by atoms with Crippen LogP contribution in [0.5, 0.6) is 5.75 Å². The SMILES string of the molecule is O=C1c2c(cccc2OCc2ccccc2)CCC12CCCC2. The predicted octanol–water partition coefficient (Wildman–Crippen LogP) is 4.95. The van der Waals surface area contributed by atoms with Crippen molar-refractivity contribution in [3.63, 3.8) is 0 Å². The van der Waals surface area contributed by atoms with Gasteiger partial charge in [-0.2, -0.15) is 0 Å². The van der Waals surface area contributed by atoms with Crippen molar-refractivity contribution in [2.24, 2.45) is 5.41 Å². The number of hydrogen-bond donors (Lipinski definition) is 0. The molecule has 4 rings (SSSR count). The highest BCUT2D eigenvalue weighted by Crippen LogP contribution is 2.49. The van der Waals surface area contributed by atoms with Gasteiger partial charge in [-0.3, -0.25) is 4.79 Å². The number of carbonyl (C=O) groups excluding carboxylic acids is 1. The molecule has 0 radical (unpaired) electrons.